The Balaban J connectivity index is 2.46. The van der Waals surface area contributed by atoms with Crippen molar-refractivity contribution in [3.63, 3.8) is 0 Å². The summed E-state index contributed by atoms with van der Waals surface area (Å²) in [4.78, 5) is 0. The predicted octanol–water partition coefficient (Wildman–Crippen LogP) is 2.28. The SMILES string of the molecule is Cc1c(N)cccc1-c1nnnn1CC(C)(C)C. The largest absolute Gasteiger partial charge is 0.398 e. The molecule has 1 aromatic carbocycles. The monoisotopic (exact) mass is 245 g/mol. The van der Waals surface area contributed by atoms with E-state index < -0.39 is 0 Å². The number of aromatic nitrogens is 4. The van der Waals surface area contributed by atoms with Gasteiger partial charge in [-0.1, -0.05) is 32.9 Å². The Kier molecular flexibility index (Phi) is 3.07. The lowest BCUT2D eigenvalue weighted by Gasteiger charge is -2.18. The van der Waals surface area contributed by atoms with Gasteiger partial charge < -0.3 is 5.73 Å². The standard InChI is InChI=1S/C13H19N5/c1-9-10(6-5-7-11(9)14)12-15-16-17-18(12)8-13(2,3)4/h5-7H,8,14H2,1-4H3. The van der Waals surface area contributed by atoms with E-state index in [1.165, 1.54) is 0 Å². The van der Waals surface area contributed by atoms with Crippen LogP contribution in [0.3, 0.4) is 0 Å². The van der Waals surface area contributed by atoms with Crippen LogP contribution in [0.5, 0.6) is 0 Å². The third kappa shape index (κ3) is 2.50. The van der Waals surface area contributed by atoms with Crippen molar-refractivity contribution in [2.24, 2.45) is 5.41 Å². The topological polar surface area (TPSA) is 69.6 Å². The number of anilines is 1. The number of tetrazole rings is 1. The molecule has 0 aliphatic heterocycles. The summed E-state index contributed by atoms with van der Waals surface area (Å²) in [5.41, 5.74) is 8.82. The first-order valence-corrected chi connectivity index (χ1v) is 6.00. The van der Waals surface area contributed by atoms with E-state index >= 15 is 0 Å². The smallest absolute Gasteiger partial charge is 0.182 e. The molecule has 2 rings (SSSR count). The van der Waals surface area contributed by atoms with Crippen molar-refractivity contribution in [1.29, 1.82) is 0 Å². The Bertz CT molecular complexity index is 551. The van der Waals surface area contributed by atoms with Crippen molar-refractivity contribution in [3.05, 3.63) is 23.8 Å². The number of rotatable bonds is 2. The van der Waals surface area contributed by atoms with Crippen LogP contribution in [0.2, 0.25) is 0 Å². The second-order valence-corrected chi connectivity index (χ2v) is 5.74. The normalized spacial score (nSPS) is 11.8. The molecule has 0 bridgehead atoms. The van der Waals surface area contributed by atoms with Gasteiger partial charge in [0.25, 0.3) is 0 Å². The van der Waals surface area contributed by atoms with Crippen LogP contribution in [0.4, 0.5) is 5.69 Å². The van der Waals surface area contributed by atoms with Crippen LogP contribution in [0.1, 0.15) is 26.3 Å². The highest BCUT2D eigenvalue weighted by atomic mass is 15.5. The van der Waals surface area contributed by atoms with Gasteiger partial charge in [-0.25, -0.2) is 4.68 Å². The zero-order valence-electron chi connectivity index (χ0n) is 11.3. The Hall–Kier alpha value is -1.91. The van der Waals surface area contributed by atoms with Crippen molar-refractivity contribution in [1.82, 2.24) is 20.2 Å². The summed E-state index contributed by atoms with van der Waals surface area (Å²) in [6.45, 7) is 9.23. The third-order valence-electron chi connectivity index (χ3n) is 2.77. The zero-order valence-corrected chi connectivity index (χ0v) is 11.3. The molecule has 0 radical (unpaired) electrons. The summed E-state index contributed by atoms with van der Waals surface area (Å²) in [7, 11) is 0. The van der Waals surface area contributed by atoms with E-state index in [9.17, 15) is 0 Å². The molecule has 5 nitrogen and oxygen atoms in total. The van der Waals surface area contributed by atoms with Crippen LogP contribution in [-0.2, 0) is 6.54 Å². The van der Waals surface area contributed by atoms with E-state index in [1.54, 1.807) is 0 Å². The van der Waals surface area contributed by atoms with Gasteiger partial charge in [0.1, 0.15) is 0 Å². The first-order valence-electron chi connectivity index (χ1n) is 6.00. The molecule has 0 atom stereocenters. The van der Waals surface area contributed by atoms with Gasteiger partial charge >= 0.3 is 0 Å². The second kappa shape index (κ2) is 4.40. The minimum Gasteiger partial charge on any atom is -0.398 e. The zero-order chi connectivity index (χ0) is 13.3. The molecule has 0 fully saturated rings. The molecule has 5 heteroatoms. The Morgan fingerprint density at radius 1 is 1.28 bits per heavy atom. The van der Waals surface area contributed by atoms with Gasteiger partial charge in [0.2, 0.25) is 0 Å². The summed E-state index contributed by atoms with van der Waals surface area (Å²) in [5, 5.41) is 12.0. The van der Waals surface area contributed by atoms with Crippen LogP contribution < -0.4 is 5.73 Å². The third-order valence-corrected chi connectivity index (χ3v) is 2.77. The highest BCUT2D eigenvalue weighted by Gasteiger charge is 2.18. The van der Waals surface area contributed by atoms with E-state index in [-0.39, 0.29) is 5.41 Å². The average Bonchev–Trinajstić information content (AvgIpc) is 2.67. The minimum atomic E-state index is 0.123. The molecule has 18 heavy (non-hydrogen) atoms. The molecule has 0 unspecified atom stereocenters. The maximum Gasteiger partial charge on any atom is 0.182 e. The molecule has 1 heterocycles. The molecule has 96 valence electrons. The fourth-order valence-electron chi connectivity index (χ4n) is 1.85. The average molecular weight is 245 g/mol. The molecule has 0 amide bonds. The maximum absolute atomic E-state index is 5.93. The minimum absolute atomic E-state index is 0.123. The van der Waals surface area contributed by atoms with E-state index in [4.69, 9.17) is 5.73 Å². The van der Waals surface area contributed by atoms with E-state index in [0.717, 1.165) is 29.2 Å². The maximum atomic E-state index is 5.93. The summed E-state index contributed by atoms with van der Waals surface area (Å²) in [6.07, 6.45) is 0. The van der Waals surface area contributed by atoms with Crippen molar-refractivity contribution in [2.45, 2.75) is 34.2 Å². The Morgan fingerprint density at radius 3 is 2.67 bits per heavy atom. The van der Waals surface area contributed by atoms with Gasteiger partial charge in [-0.05, 0) is 34.4 Å². The van der Waals surface area contributed by atoms with Gasteiger partial charge in [-0.15, -0.1) is 5.10 Å². The summed E-state index contributed by atoms with van der Waals surface area (Å²) in [6, 6.07) is 5.81. The molecule has 0 saturated heterocycles. The van der Waals surface area contributed by atoms with Crippen molar-refractivity contribution in [2.75, 3.05) is 5.73 Å². The van der Waals surface area contributed by atoms with Crippen LogP contribution in [0, 0.1) is 12.3 Å². The van der Waals surface area contributed by atoms with E-state index in [2.05, 4.69) is 36.3 Å². The predicted molar refractivity (Wildman–Crippen MR) is 71.9 cm³/mol. The molecule has 2 aromatic rings. The quantitative estimate of drug-likeness (QED) is 0.824. The summed E-state index contributed by atoms with van der Waals surface area (Å²) >= 11 is 0. The van der Waals surface area contributed by atoms with Gasteiger partial charge in [0.15, 0.2) is 5.82 Å². The number of nitrogens with two attached hydrogens (primary N) is 1. The van der Waals surface area contributed by atoms with Crippen molar-refractivity contribution >= 4 is 5.69 Å². The van der Waals surface area contributed by atoms with Crippen LogP contribution >= 0.6 is 0 Å². The molecular formula is C13H19N5. The lowest BCUT2D eigenvalue weighted by atomic mass is 9.97. The molecule has 0 aliphatic rings. The Morgan fingerprint density at radius 2 is 2.00 bits per heavy atom. The fourth-order valence-corrected chi connectivity index (χ4v) is 1.85. The first-order chi connectivity index (χ1) is 8.38. The summed E-state index contributed by atoms with van der Waals surface area (Å²) in [5.74, 6) is 0.773. The van der Waals surface area contributed by atoms with E-state index in [0.29, 0.717) is 0 Å². The van der Waals surface area contributed by atoms with E-state index in [1.807, 2.05) is 29.8 Å². The fraction of sp³-hybridized carbons (Fsp3) is 0.462. The summed E-state index contributed by atoms with van der Waals surface area (Å²) < 4.78 is 1.84. The van der Waals surface area contributed by atoms with Crippen LogP contribution in [0.15, 0.2) is 18.2 Å². The van der Waals surface area contributed by atoms with Crippen molar-refractivity contribution in [3.8, 4) is 11.4 Å². The molecule has 2 N–H and O–H groups in total. The molecular weight excluding hydrogens is 226 g/mol. The van der Waals surface area contributed by atoms with Gasteiger partial charge in [0, 0.05) is 17.8 Å². The molecule has 0 aliphatic carbocycles. The first kappa shape index (κ1) is 12.5. The van der Waals surface area contributed by atoms with Gasteiger partial charge in [-0.3, -0.25) is 0 Å². The van der Waals surface area contributed by atoms with Crippen LogP contribution in [-0.4, -0.2) is 20.2 Å². The lowest BCUT2D eigenvalue weighted by molar-refractivity contribution is 0.323. The highest BCUT2D eigenvalue weighted by Crippen LogP contribution is 2.26. The molecule has 0 saturated carbocycles. The number of nitrogens with zero attached hydrogens (tertiary/aromatic N) is 4. The van der Waals surface area contributed by atoms with Gasteiger partial charge in [0.05, 0.1) is 0 Å². The highest BCUT2D eigenvalue weighted by molar-refractivity contribution is 5.67. The second-order valence-electron chi connectivity index (χ2n) is 5.74. The lowest BCUT2D eigenvalue weighted by Crippen LogP contribution is -2.17. The molecule has 0 spiro atoms. The van der Waals surface area contributed by atoms with Gasteiger partial charge in [-0.2, -0.15) is 0 Å². The number of nitrogen functional groups attached to an aromatic ring is 1. The number of benzene rings is 1. The molecule has 1 aromatic heterocycles. The van der Waals surface area contributed by atoms with Crippen molar-refractivity contribution < 1.29 is 0 Å². The van der Waals surface area contributed by atoms with Crippen LogP contribution in [0.25, 0.3) is 11.4 Å². The number of hydrogen-bond acceptors (Lipinski definition) is 4. The Labute approximate surface area is 107 Å². The number of hydrogen-bond donors (Lipinski definition) is 1.